The maximum Gasteiger partial charge on any atom is 0.240 e. The molecule has 18 heavy (non-hydrogen) atoms. The van der Waals surface area contributed by atoms with Crippen molar-refractivity contribution in [2.45, 2.75) is 51.2 Å². The maximum absolute atomic E-state index is 12.1. The van der Waals surface area contributed by atoms with Crippen molar-refractivity contribution >= 4 is 5.91 Å². The molecular formula is C12H18N4O2. The molecule has 2 aliphatic rings. The minimum atomic E-state index is -0.0298. The Morgan fingerprint density at radius 1 is 1.50 bits per heavy atom. The second-order valence-electron chi connectivity index (χ2n) is 5.15. The first-order valence-corrected chi connectivity index (χ1v) is 6.56. The van der Waals surface area contributed by atoms with Gasteiger partial charge in [0.2, 0.25) is 11.8 Å². The second kappa shape index (κ2) is 4.68. The highest BCUT2D eigenvalue weighted by Crippen LogP contribution is 2.23. The number of aromatic nitrogens is 2. The van der Waals surface area contributed by atoms with Gasteiger partial charge in [-0.05, 0) is 39.2 Å². The molecule has 1 aliphatic heterocycles. The van der Waals surface area contributed by atoms with Gasteiger partial charge in [-0.15, -0.1) is 0 Å². The van der Waals surface area contributed by atoms with E-state index in [0.717, 1.165) is 32.2 Å². The monoisotopic (exact) mass is 250 g/mol. The average Bonchev–Trinajstić information content (AvgIpc) is 2.87. The number of nitrogens with one attached hydrogen (secondary N) is 1. The van der Waals surface area contributed by atoms with Crippen LogP contribution >= 0.6 is 0 Å². The van der Waals surface area contributed by atoms with Crippen LogP contribution in [-0.2, 0) is 11.3 Å². The number of aryl methyl sites for hydroxylation is 1. The average molecular weight is 250 g/mol. The molecule has 1 atom stereocenters. The molecule has 0 unspecified atom stereocenters. The van der Waals surface area contributed by atoms with E-state index in [2.05, 4.69) is 20.4 Å². The fourth-order valence-corrected chi connectivity index (χ4v) is 2.42. The molecule has 6 nitrogen and oxygen atoms in total. The predicted octanol–water partition coefficient (Wildman–Crippen LogP) is 0.621. The molecule has 0 bridgehead atoms. The van der Waals surface area contributed by atoms with Crippen LogP contribution in [0.25, 0.3) is 0 Å². The van der Waals surface area contributed by atoms with E-state index < -0.39 is 0 Å². The predicted molar refractivity (Wildman–Crippen MR) is 63.6 cm³/mol. The van der Waals surface area contributed by atoms with E-state index in [1.54, 1.807) is 6.92 Å². The van der Waals surface area contributed by atoms with Crippen molar-refractivity contribution in [3.05, 3.63) is 11.7 Å². The van der Waals surface area contributed by atoms with Gasteiger partial charge in [0.25, 0.3) is 0 Å². The Morgan fingerprint density at radius 2 is 2.33 bits per heavy atom. The number of carbonyl (C=O) groups is 1. The Balaban J connectivity index is 1.61. The summed E-state index contributed by atoms with van der Waals surface area (Å²) in [6.07, 6.45) is 4.23. The fourth-order valence-electron chi connectivity index (χ4n) is 2.42. The summed E-state index contributed by atoms with van der Waals surface area (Å²) >= 11 is 0. The van der Waals surface area contributed by atoms with Crippen LogP contribution in [0.4, 0.5) is 0 Å². The number of rotatable bonds is 4. The lowest BCUT2D eigenvalue weighted by Crippen LogP contribution is -2.43. The van der Waals surface area contributed by atoms with E-state index in [4.69, 9.17) is 4.52 Å². The number of hydrogen-bond acceptors (Lipinski definition) is 5. The Hall–Kier alpha value is -1.43. The summed E-state index contributed by atoms with van der Waals surface area (Å²) < 4.78 is 5.11. The minimum absolute atomic E-state index is 0.0298. The molecule has 2 fully saturated rings. The van der Waals surface area contributed by atoms with Gasteiger partial charge in [-0.2, -0.15) is 4.98 Å². The lowest BCUT2D eigenvalue weighted by atomic mass is 10.2. The van der Waals surface area contributed by atoms with Gasteiger partial charge in [0, 0.05) is 6.04 Å². The molecule has 1 saturated carbocycles. The van der Waals surface area contributed by atoms with Crippen LogP contribution in [0.15, 0.2) is 4.52 Å². The third-order valence-electron chi connectivity index (χ3n) is 3.50. The van der Waals surface area contributed by atoms with E-state index in [-0.39, 0.29) is 11.9 Å². The van der Waals surface area contributed by atoms with Gasteiger partial charge in [0.15, 0.2) is 5.82 Å². The van der Waals surface area contributed by atoms with E-state index in [1.165, 1.54) is 0 Å². The van der Waals surface area contributed by atoms with Crippen LogP contribution in [0.1, 0.15) is 37.4 Å². The van der Waals surface area contributed by atoms with Crippen molar-refractivity contribution in [2.24, 2.45) is 0 Å². The lowest BCUT2D eigenvalue weighted by molar-refractivity contribution is -0.125. The number of amides is 1. The highest BCUT2D eigenvalue weighted by Gasteiger charge is 2.34. The van der Waals surface area contributed by atoms with Crippen LogP contribution in [0.5, 0.6) is 0 Å². The van der Waals surface area contributed by atoms with Crippen molar-refractivity contribution in [1.29, 1.82) is 0 Å². The summed E-state index contributed by atoms with van der Waals surface area (Å²) in [7, 11) is 0. The third-order valence-corrected chi connectivity index (χ3v) is 3.50. The van der Waals surface area contributed by atoms with Crippen LogP contribution in [0.2, 0.25) is 0 Å². The topological polar surface area (TPSA) is 71.3 Å². The van der Waals surface area contributed by atoms with Crippen molar-refractivity contribution < 1.29 is 9.32 Å². The first-order valence-electron chi connectivity index (χ1n) is 6.56. The molecule has 1 aromatic heterocycles. The van der Waals surface area contributed by atoms with Crippen molar-refractivity contribution in [3.63, 3.8) is 0 Å². The summed E-state index contributed by atoms with van der Waals surface area (Å²) in [4.78, 5) is 18.4. The minimum Gasteiger partial charge on any atom is -0.352 e. The molecule has 2 heterocycles. The van der Waals surface area contributed by atoms with Crippen LogP contribution in [0, 0.1) is 6.92 Å². The normalized spacial score (nSPS) is 24.4. The quantitative estimate of drug-likeness (QED) is 0.848. The van der Waals surface area contributed by atoms with Crippen LogP contribution in [0.3, 0.4) is 0 Å². The molecule has 0 aromatic carbocycles. The Labute approximate surface area is 106 Å². The molecule has 1 saturated heterocycles. The van der Waals surface area contributed by atoms with Crippen molar-refractivity contribution in [2.75, 3.05) is 6.54 Å². The van der Waals surface area contributed by atoms with Crippen molar-refractivity contribution in [1.82, 2.24) is 20.4 Å². The molecule has 1 amide bonds. The molecule has 1 aliphatic carbocycles. The Kier molecular flexibility index (Phi) is 3.03. The van der Waals surface area contributed by atoms with E-state index in [0.29, 0.717) is 24.3 Å². The number of nitrogens with zero attached hydrogens (tertiary/aromatic N) is 3. The smallest absolute Gasteiger partial charge is 0.240 e. The first kappa shape index (κ1) is 11.6. The molecule has 0 spiro atoms. The van der Waals surface area contributed by atoms with Gasteiger partial charge < -0.3 is 9.84 Å². The zero-order valence-corrected chi connectivity index (χ0v) is 10.6. The molecule has 6 heteroatoms. The molecule has 98 valence electrons. The molecule has 0 radical (unpaired) electrons. The van der Waals surface area contributed by atoms with E-state index in [9.17, 15) is 4.79 Å². The van der Waals surface area contributed by atoms with E-state index in [1.807, 2.05) is 0 Å². The summed E-state index contributed by atoms with van der Waals surface area (Å²) in [6, 6.07) is 0.392. The number of hydrogen-bond donors (Lipinski definition) is 1. The van der Waals surface area contributed by atoms with Gasteiger partial charge in [0.1, 0.15) is 0 Å². The number of likely N-dealkylation sites (tertiary alicyclic amines) is 1. The molecule has 1 aromatic rings. The largest absolute Gasteiger partial charge is 0.352 e. The highest BCUT2D eigenvalue weighted by molar-refractivity contribution is 5.82. The van der Waals surface area contributed by atoms with Gasteiger partial charge in [-0.3, -0.25) is 9.69 Å². The van der Waals surface area contributed by atoms with Crippen LogP contribution < -0.4 is 5.32 Å². The van der Waals surface area contributed by atoms with Gasteiger partial charge in [-0.1, -0.05) is 5.16 Å². The summed E-state index contributed by atoms with van der Waals surface area (Å²) in [6.45, 7) is 3.29. The molecule has 1 N–H and O–H groups in total. The van der Waals surface area contributed by atoms with Gasteiger partial charge in [0.05, 0.1) is 12.6 Å². The highest BCUT2D eigenvalue weighted by atomic mass is 16.5. The van der Waals surface area contributed by atoms with E-state index >= 15 is 0 Å². The van der Waals surface area contributed by atoms with Crippen molar-refractivity contribution in [3.8, 4) is 0 Å². The zero-order valence-electron chi connectivity index (χ0n) is 10.6. The van der Waals surface area contributed by atoms with Gasteiger partial charge >= 0.3 is 0 Å². The van der Waals surface area contributed by atoms with Gasteiger partial charge in [-0.25, -0.2) is 0 Å². The SMILES string of the molecule is Cc1noc(CN2CCC[C@@H]2C(=O)NC2CC2)n1. The molecule has 3 rings (SSSR count). The zero-order chi connectivity index (χ0) is 12.5. The maximum atomic E-state index is 12.1. The second-order valence-corrected chi connectivity index (χ2v) is 5.15. The number of carbonyl (C=O) groups excluding carboxylic acids is 1. The summed E-state index contributed by atoms with van der Waals surface area (Å²) in [5.74, 6) is 1.40. The summed E-state index contributed by atoms with van der Waals surface area (Å²) in [5, 5.41) is 6.84. The fraction of sp³-hybridized carbons (Fsp3) is 0.750. The standard InChI is InChI=1S/C12H18N4O2/c1-8-13-11(18-15-8)7-16-6-2-3-10(16)12(17)14-9-4-5-9/h9-10H,2-7H2,1H3,(H,14,17)/t10-/m1/s1. The summed E-state index contributed by atoms with van der Waals surface area (Å²) in [5.41, 5.74) is 0. The third kappa shape index (κ3) is 2.53. The Bertz CT molecular complexity index is 441. The van der Waals surface area contributed by atoms with Crippen LogP contribution in [-0.4, -0.2) is 39.6 Å². The Morgan fingerprint density at radius 3 is 3.00 bits per heavy atom. The molecular weight excluding hydrogens is 232 g/mol. The lowest BCUT2D eigenvalue weighted by Gasteiger charge is -2.21. The first-order chi connectivity index (χ1) is 8.72.